The molecule has 0 saturated carbocycles. The minimum absolute atomic E-state index is 0.0283. The topological polar surface area (TPSA) is 70.5 Å². The van der Waals surface area contributed by atoms with Gasteiger partial charge in [0.1, 0.15) is 4.88 Å². The largest absolute Gasteiger partial charge is 0.481 e. The molecular formula is C11H14N2O3S. The van der Waals surface area contributed by atoms with Gasteiger partial charge in [-0.1, -0.05) is 0 Å². The van der Waals surface area contributed by atoms with E-state index in [0.29, 0.717) is 30.8 Å². The van der Waals surface area contributed by atoms with E-state index in [4.69, 9.17) is 5.11 Å². The van der Waals surface area contributed by atoms with Crippen LogP contribution in [0.1, 0.15) is 27.5 Å². The minimum atomic E-state index is -0.759. The standard InChI is InChI=1S/C11H14N2O3S/c1-7-12-6-9(17-7)10(14)13-4-2-8(3-5-13)11(15)16/h6,8H,2-5H2,1H3,(H,15,16). The van der Waals surface area contributed by atoms with E-state index in [1.807, 2.05) is 6.92 Å². The van der Waals surface area contributed by atoms with E-state index in [0.717, 1.165) is 5.01 Å². The molecule has 5 nitrogen and oxygen atoms in total. The van der Waals surface area contributed by atoms with Crippen LogP contribution in [0.25, 0.3) is 0 Å². The Balaban J connectivity index is 1.97. The van der Waals surface area contributed by atoms with Crippen molar-refractivity contribution in [2.75, 3.05) is 13.1 Å². The summed E-state index contributed by atoms with van der Waals surface area (Å²) < 4.78 is 0. The van der Waals surface area contributed by atoms with Gasteiger partial charge in [0.05, 0.1) is 17.1 Å². The minimum Gasteiger partial charge on any atom is -0.481 e. The first kappa shape index (κ1) is 12.0. The number of carbonyl (C=O) groups is 2. The van der Waals surface area contributed by atoms with Crippen molar-refractivity contribution in [2.45, 2.75) is 19.8 Å². The summed E-state index contributed by atoms with van der Waals surface area (Å²) in [5.41, 5.74) is 0. The summed E-state index contributed by atoms with van der Waals surface area (Å²) in [6.07, 6.45) is 2.67. The maximum Gasteiger partial charge on any atom is 0.306 e. The van der Waals surface area contributed by atoms with Crippen LogP contribution in [0.4, 0.5) is 0 Å². The Morgan fingerprint density at radius 3 is 2.59 bits per heavy atom. The Hall–Kier alpha value is -1.43. The predicted molar refractivity (Wildman–Crippen MR) is 63.1 cm³/mol. The lowest BCUT2D eigenvalue weighted by atomic mass is 9.97. The number of rotatable bonds is 2. The molecule has 1 fully saturated rings. The summed E-state index contributed by atoms with van der Waals surface area (Å²) in [7, 11) is 0. The maximum absolute atomic E-state index is 12.0. The number of carbonyl (C=O) groups excluding carboxylic acids is 1. The number of piperidine rings is 1. The number of aliphatic carboxylic acids is 1. The second kappa shape index (κ2) is 4.83. The van der Waals surface area contributed by atoms with E-state index in [9.17, 15) is 9.59 Å². The highest BCUT2D eigenvalue weighted by Crippen LogP contribution is 2.21. The van der Waals surface area contributed by atoms with Gasteiger partial charge in [0.15, 0.2) is 0 Å². The Kier molecular flexibility index (Phi) is 3.42. The van der Waals surface area contributed by atoms with Crippen LogP contribution in [0.5, 0.6) is 0 Å². The Labute approximate surface area is 103 Å². The van der Waals surface area contributed by atoms with E-state index in [1.54, 1.807) is 11.1 Å². The van der Waals surface area contributed by atoms with Crippen LogP contribution in [0.3, 0.4) is 0 Å². The van der Waals surface area contributed by atoms with Gasteiger partial charge in [0.25, 0.3) is 5.91 Å². The van der Waals surface area contributed by atoms with Crippen molar-refractivity contribution in [1.82, 2.24) is 9.88 Å². The van der Waals surface area contributed by atoms with E-state index >= 15 is 0 Å². The van der Waals surface area contributed by atoms with Crippen molar-refractivity contribution in [3.8, 4) is 0 Å². The van der Waals surface area contributed by atoms with Crippen LogP contribution in [-0.4, -0.2) is 40.0 Å². The number of carboxylic acids is 1. The summed E-state index contributed by atoms with van der Waals surface area (Å²) in [4.78, 5) is 29.2. The molecule has 0 bridgehead atoms. The zero-order valence-electron chi connectivity index (χ0n) is 9.55. The summed E-state index contributed by atoms with van der Waals surface area (Å²) in [5.74, 6) is -1.09. The average molecular weight is 254 g/mol. The predicted octanol–water partition coefficient (Wildman–Crippen LogP) is 1.39. The Bertz CT molecular complexity index is 436. The summed E-state index contributed by atoms with van der Waals surface area (Å²) in [5, 5.41) is 9.74. The summed E-state index contributed by atoms with van der Waals surface area (Å²) >= 11 is 1.38. The van der Waals surface area contributed by atoms with Gasteiger partial charge < -0.3 is 10.0 Å². The summed E-state index contributed by atoms with van der Waals surface area (Å²) in [6, 6.07) is 0. The fourth-order valence-electron chi connectivity index (χ4n) is 1.95. The van der Waals surface area contributed by atoms with Crippen molar-refractivity contribution in [3.05, 3.63) is 16.1 Å². The first-order chi connectivity index (χ1) is 8.08. The zero-order chi connectivity index (χ0) is 12.4. The van der Waals surface area contributed by atoms with Crippen LogP contribution >= 0.6 is 11.3 Å². The highest BCUT2D eigenvalue weighted by Gasteiger charge is 2.28. The van der Waals surface area contributed by atoms with Crippen LogP contribution < -0.4 is 0 Å². The number of amides is 1. The Morgan fingerprint density at radius 2 is 2.12 bits per heavy atom. The molecule has 17 heavy (non-hydrogen) atoms. The molecule has 0 aliphatic carbocycles. The lowest BCUT2D eigenvalue weighted by Crippen LogP contribution is -2.39. The van der Waals surface area contributed by atoms with Gasteiger partial charge in [0.2, 0.25) is 0 Å². The molecule has 2 rings (SSSR count). The van der Waals surface area contributed by atoms with E-state index in [2.05, 4.69) is 4.98 Å². The molecule has 0 aromatic carbocycles. The molecule has 6 heteroatoms. The molecule has 0 unspecified atom stereocenters. The first-order valence-electron chi connectivity index (χ1n) is 5.52. The van der Waals surface area contributed by atoms with Gasteiger partial charge in [0, 0.05) is 13.1 Å². The van der Waals surface area contributed by atoms with Crippen molar-refractivity contribution >= 4 is 23.2 Å². The third-order valence-electron chi connectivity index (χ3n) is 2.96. The number of hydrogen-bond acceptors (Lipinski definition) is 4. The van der Waals surface area contributed by atoms with E-state index in [-0.39, 0.29) is 11.8 Å². The molecule has 0 spiro atoms. The first-order valence-corrected chi connectivity index (χ1v) is 6.34. The van der Waals surface area contributed by atoms with Gasteiger partial charge in [-0.2, -0.15) is 0 Å². The molecule has 0 atom stereocenters. The molecule has 2 heterocycles. The monoisotopic (exact) mass is 254 g/mol. The van der Waals surface area contributed by atoms with Gasteiger partial charge in [-0.05, 0) is 19.8 Å². The average Bonchev–Trinajstić information content (AvgIpc) is 2.75. The SMILES string of the molecule is Cc1ncc(C(=O)N2CCC(C(=O)O)CC2)s1. The molecule has 1 aliphatic rings. The number of carboxylic acid groups (broad SMARTS) is 1. The lowest BCUT2D eigenvalue weighted by molar-refractivity contribution is -0.143. The Morgan fingerprint density at radius 1 is 1.47 bits per heavy atom. The number of aromatic nitrogens is 1. The van der Waals surface area contributed by atoms with Crippen molar-refractivity contribution in [3.63, 3.8) is 0 Å². The van der Waals surface area contributed by atoms with Gasteiger partial charge >= 0.3 is 5.97 Å². The third-order valence-corrected chi connectivity index (χ3v) is 3.86. The molecule has 1 saturated heterocycles. The highest BCUT2D eigenvalue weighted by atomic mass is 32.1. The van der Waals surface area contributed by atoms with Crippen LogP contribution in [0.15, 0.2) is 6.20 Å². The zero-order valence-corrected chi connectivity index (χ0v) is 10.4. The maximum atomic E-state index is 12.0. The van der Waals surface area contributed by atoms with Crippen molar-refractivity contribution < 1.29 is 14.7 Å². The van der Waals surface area contributed by atoms with Crippen LogP contribution in [0.2, 0.25) is 0 Å². The second-order valence-corrected chi connectivity index (χ2v) is 5.38. The molecule has 1 aromatic heterocycles. The van der Waals surface area contributed by atoms with Gasteiger partial charge in [-0.25, -0.2) is 4.98 Å². The lowest BCUT2D eigenvalue weighted by Gasteiger charge is -2.29. The molecule has 1 amide bonds. The quantitative estimate of drug-likeness (QED) is 0.865. The highest BCUT2D eigenvalue weighted by molar-refractivity contribution is 7.13. The van der Waals surface area contributed by atoms with Gasteiger partial charge in [-0.15, -0.1) is 11.3 Å². The second-order valence-electron chi connectivity index (χ2n) is 4.15. The van der Waals surface area contributed by atoms with Crippen LogP contribution in [-0.2, 0) is 4.79 Å². The van der Waals surface area contributed by atoms with Gasteiger partial charge in [-0.3, -0.25) is 9.59 Å². The smallest absolute Gasteiger partial charge is 0.306 e. The van der Waals surface area contributed by atoms with Crippen molar-refractivity contribution in [2.24, 2.45) is 5.92 Å². The van der Waals surface area contributed by atoms with Crippen LogP contribution in [0, 0.1) is 12.8 Å². The number of thiazole rings is 1. The molecular weight excluding hydrogens is 240 g/mol. The molecule has 0 radical (unpaired) electrons. The number of likely N-dealkylation sites (tertiary alicyclic amines) is 1. The molecule has 1 N–H and O–H groups in total. The number of aryl methyl sites for hydroxylation is 1. The normalized spacial score (nSPS) is 17.1. The number of hydrogen-bond donors (Lipinski definition) is 1. The summed E-state index contributed by atoms with van der Waals surface area (Å²) in [6.45, 7) is 2.90. The van der Waals surface area contributed by atoms with E-state index in [1.165, 1.54) is 11.3 Å². The number of nitrogens with zero attached hydrogens (tertiary/aromatic N) is 2. The van der Waals surface area contributed by atoms with Crippen molar-refractivity contribution in [1.29, 1.82) is 0 Å². The third kappa shape index (κ3) is 2.63. The van der Waals surface area contributed by atoms with E-state index < -0.39 is 5.97 Å². The fourth-order valence-corrected chi connectivity index (χ4v) is 2.69. The molecule has 1 aromatic rings. The molecule has 1 aliphatic heterocycles. The molecule has 92 valence electrons. The fraction of sp³-hybridized carbons (Fsp3) is 0.545.